The lowest BCUT2D eigenvalue weighted by Gasteiger charge is -2.30. The number of pyridine rings is 2. The molecule has 1 amide bonds. The Labute approximate surface area is 162 Å². The zero-order chi connectivity index (χ0) is 19.5. The smallest absolute Gasteiger partial charge is 0.252 e. The maximum Gasteiger partial charge on any atom is 0.252 e. The number of anilines is 3. The molecule has 0 bridgehead atoms. The van der Waals surface area contributed by atoms with E-state index in [0.29, 0.717) is 30.4 Å². The Kier molecular flexibility index (Phi) is 5.05. The summed E-state index contributed by atoms with van der Waals surface area (Å²) >= 11 is 0. The summed E-state index contributed by atoms with van der Waals surface area (Å²) in [5, 5.41) is 7.52. The summed E-state index contributed by atoms with van der Waals surface area (Å²) in [6, 6.07) is 12.9. The van der Waals surface area contributed by atoms with Crippen molar-refractivity contribution in [2.75, 3.05) is 23.8 Å². The summed E-state index contributed by atoms with van der Waals surface area (Å²) in [6.07, 6.45) is 2.54. The van der Waals surface area contributed by atoms with Crippen LogP contribution >= 0.6 is 0 Å². The second-order valence-corrected chi connectivity index (χ2v) is 6.77. The van der Waals surface area contributed by atoms with Gasteiger partial charge in [-0.2, -0.15) is 0 Å². The molecule has 8 heteroatoms. The number of nitrogens with two attached hydrogens (primary N) is 2. The third-order valence-electron chi connectivity index (χ3n) is 4.76. The monoisotopic (exact) mass is 378 g/mol. The van der Waals surface area contributed by atoms with Crippen molar-refractivity contribution in [1.29, 1.82) is 0 Å². The van der Waals surface area contributed by atoms with Gasteiger partial charge in [0, 0.05) is 36.0 Å². The van der Waals surface area contributed by atoms with E-state index in [1.165, 1.54) is 0 Å². The van der Waals surface area contributed by atoms with Gasteiger partial charge in [-0.25, -0.2) is 4.98 Å². The fraction of sp³-hybridized carbons (Fsp3) is 0.250. The van der Waals surface area contributed by atoms with E-state index in [4.69, 9.17) is 16.2 Å². The zero-order valence-corrected chi connectivity index (χ0v) is 15.3. The number of nitrogens with zero attached hydrogens (tertiary/aromatic N) is 2. The van der Waals surface area contributed by atoms with Crippen LogP contribution in [0.3, 0.4) is 0 Å². The Morgan fingerprint density at radius 3 is 2.93 bits per heavy atom. The first-order valence-corrected chi connectivity index (χ1v) is 9.13. The van der Waals surface area contributed by atoms with Gasteiger partial charge >= 0.3 is 0 Å². The zero-order valence-electron chi connectivity index (χ0n) is 15.3. The first kappa shape index (κ1) is 18.1. The summed E-state index contributed by atoms with van der Waals surface area (Å²) < 4.78 is 5.37. The summed E-state index contributed by atoms with van der Waals surface area (Å²) in [5.74, 6) is 0.463. The highest BCUT2D eigenvalue weighted by atomic mass is 16.5. The van der Waals surface area contributed by atoms with Gasteiger partial charge in [0.15, 0.2) is 0 Å². The van der Waals surface area contributed by atoms with Gasteiger partial charge in [0.25, 0.3) is 5.91 Å². The highest BCUT2D eigenvalue weighted by Crippen LogP contribution is 2.24. The van der Waals surface area contributed by atoms with E-state index in [1.54, 1.807) is 18.3 Å². The molecule has 1 fully saturated rings. The number of aromatic nitrogens is 2. The molecule has 1 aromatic carbocycles. The number of hydrogen-bond acceptors (Lipinski definition) is 7. The molecule has 6 N–H and O–H groups in total. The molecule has 2 aromatic heterocycles. The van der Waals surface area contributed by atoms with Crippen molar-refractivity contribution < 1.29 is 9.53 Å². The normalized spacial score (nSPS) is 19.3. The molecule has 28 heavy (non-hydrogen) atoms. The summed E-state index contributed by atoms with van der Waals surface area (Å²) in [5.41, 5.74) is 13.6. The van der Waals surface area contributed by atoms with E-state index in [-0.39, 0.29) is 12.1 Å². The minimum absolute atomic E-state index is 0.0558. The number of hydrogen-bond donors (Lipinski definition) is 4. The van der Waals surface area contributed by atoms with Crippen LogP contribution in [0.15, 0.2) is 48.7 Å². The van der Waals surface area contributed by atoms with Crippen molar-refractivity contribution in [2.45, 2.75) is 18.5 Å². The van der Waals surface area contributed by atoms with Gasteiger partial charge < -0.3 is 26.8 Å². The van der Waals surface area contributed by atoms with Crippen molar-refractivity contribution >= 4 is 34.1 Å². The number of rotatable bonds is 5. The standard InChI is InChI=1S/C20H22N6O2/c21-15-11-28-9-7-17(15)25-18-6-4-14(19(22)27)20(26-18)24-13-3-5-16-12(10-13)2-1-8-23-16/h1-6,8,10,15,17H,7,9,11,21H2,(H2,22,27)(H2,24,25,26)/t15-,17?/m0/s1. The van der Waals surface area contributed by atoms with Crippen molar-refractivity contribution in [3.8, 4) is 0 Å². The molecule has 0 saturated carbocycles. The first-order chi connectivity index (χ1) is 13.6. The minimum Gasteiger partial charge on any atom is -0.380 e. The van der Waals surface area contributed by atoms with Crippen LogP contribution in [-0.4, -0.2) is 41.2 Å². The van der Waals surface area contributed by atoms with E-state index < -0.39 is 5.91 Å². The maximum absolute atomic E-state index is 11.9. The Morgan fingerprint density at radius 1 is 1.21 bits per heavy atom. The van der Waals surface area contributed by atoms with E-state index in [2.05, 4.69) is 20.6 Å². The van der Waals surface area contributed by atoms with Crippen LogP contribution in [0.2, 0.25) is 0 Å². The first-order valence-electron chi connectivity index (χ1n) is 9.13. The van der Waals surface area contributed by atoms with Gasteiger partial charge in [0.05, 0.1) is 17.7 Å². The fourth-order valence-electron chi connectivity index (χ4n) is 3.25. The molecule has 4 rings (SSSR count). The topological polar surface area (TPSA) is 128 Å². The lowest BCUT2D eigenvalue weighted by atomic mass is 10.0. The van der Waals surface area contributed by atoms with E-state index in [0.717, 1.165) is 23.0 Å². The largest absolute Gasteiger partial charge is 0.380 e. The van der Waals surface area contributed by atoms with Crippen LogP contribution in [0.1, 0.15) is 16.8 Å². The van der Waals surface area contributed by atoms with Crippen LogP contribution < -0.4 is 22.1 Å². The average Bonchev–Trinajstić information content (AvgIpc) is 2.70. The molecule has 144 valence electrons. The van der Waals surface area contributed by atoms with E-state index >= 15 is 0 Å². The molecule has 3 heterocycles. The lowest BCUT2D eigenvalue weighted by molar-refractivity contribution is 0.0752. The molecule has 1 aliphatic rings. The number of benzene rings is 1. The Hall–Kier alpha value is -3.23. The summed E-state index contributed by atoms with van der Waals surface area (Å²) in [7, 11) is 0. The third-order valence-corrected chi connectivity index (χ3v) is 4.76. The van der Waals surface area contributed by atoms with Gasteiger partial charge in [-0.1, -0.05) is 6.07 Å². The summed E-state index contributed by atoms with van der Waals surface area (Å²) in [4.78, 5) is 20.7. The molecule has 0 radical (unpaired) electrons. The SMILES string of the molecule is NC(=O)c1ccc(NC2CCOC[C@@H]2N)nc1Nc1ccc2ncccc2c1. The van der Waals surface area contributed by atoms with Crippen LogP contribution in [-0.2, 0) is 4.74 Å². The molecule has 8 nitrogen and oxygen atoms in total. The molecular weight excluding hydrogens is 356 g/mol. The number of fused-ring (bicyclic) bond motifs is 1. The van der Waals surface area contributed by atoms with Crippen molar-refractivity contribution in [1.82, 2.24) is 9.97 Å². The fourth-order valence-corrected chi connectivity index (χ4v) is 3.25. The molecular formula is C20H22N6O2. The van der Waals surface area contributed by atoms with Gasteiger partial charge in [-0.05, 0) is 42.8 Å². The predicted molar refractivity (Wildman–Crippen MR) is 109 cm³/mol. The number of carbonyl (C=O) groups is 1. The number of primary amides is 1. The van der Waals surface area contributed by atoms with Crippen LogP contribution in [0.5, 0.6) is 0 Å². The Morgan fingerprint density at radius 2 is 2.11 bits per heavy atom. The molecule has 0 aliphatic carbocycles. The average molecular weight is 378 g/mol. The Balaban J connectivity index is 1.62. The minimum atomic E-state index is -0.549. The van der Waals surface area contributed by atoms with Crippen molar-refractivity contribution in [3.05, 3.63) is 54.2 Å². The summed E-state index contributed by atoms with van der Waals surface area (Å²) in [6.45, 7) is 1.16. The van der Waals surface area contributed by atoms with Crippen LogP contribution in [0.25, 0.3) is 10.9 Å². The number of carbonyl (C=O) groups excluding carboxylic acids is 1. The van der Waals surface area contributed by atoms with Gasteiger partial charge in [0.1, 0.15) is 11.6 Å². The van der Waals surface area contributed by atoms with Crippen molar-refractivity contribution in [2.24, 2.45) is 11.5 Å². The second kappa shape index (κ2) is 7.79. The van der Waals surface area contributed by atoms with Gasteiger partial charge in [-0.15, -0.1) is 0 Å². The molecule has 1 saturated heterocycles. The number of amides is 1. The highest BCUT2D eigenvalue weighted by Gasteiger charge is 2.23. The Bertz CT molecular complexity index is 1010. The second-order valence-electron chi connectivity index (χ2n) is 6.77. The number of nitrogens with one attached hydrogen (secondary N) is 2. The van der Waals surface area contributed by atoms with Crippen molar-refractivity contribution in [3.63, 3.8) is 0 Å². The van der Waals surface area contributed by atoms with Crippen LogP contribution in [0, 0.1) is 0 Å². The van der Waals surface area contributed by atoms with Gasteiger partial charge in [0.2, 0.25) is 0 Å². The lowest BCUT2D eigenvalue weighted by Crippen LogP contribution is -2.47. The highest BCUT2D eigenvalue weighted by molar-refractivity contribution is 5.98. The number of ether oxygens (including phenoxy) is 1. The molecule has 3 aromatic rings. The maximum atomic E-state index is 11.9. The molecule has 1 aliphatic heterocycles. The quantitative estimate of drug-likeness (QED) is 0.534. The van der Waals surface area contributed by atoms with Gasteiger partial charge in [-0.3, -0.25) is 9.78 Å². The third kappa shape index (κ3) is 3.88. The molecule has 1 unspecified atom stereocenters. The van der Waals surface area contributed by atoms with E-state index in [1.807, 2.05) is 30.3 Å². The predicted octanol–water partition coefficient (Wildman–Crippen LogP) is 2.00. The molecule has 0 spiro atoms. The van der Waals surface area contributed by atoms with Crippen LogP contribution in [0.4, 0.5) is 17.3 Å². The van der Waals surface area contributed by atoms with E-state index in [9.17, 15) is 4.79 Å². The molecule has 2 atom stereocenters.